The summed E-state index contributed by atoms with van der Waals surface area (Å²) in [6, 6.07) is 8.15. The predicted octanol–water partition coefficient (Wildman–Crippen LogP) is 4.62. The Bertz CT molecular complexity index is 968. The predicted molar refractivity (Wildman–Crippen MR) is 94.6 cm³/mol. The minimum atomic E-state index is -0.226. The lowest BCUT2D eigenvalue weighted by Crippen LogP contribution is -2.32. The van der Waals surface area contributed by atoms with Crippen molar-refractivity contribution in [1.29, 1.82) is 0 Å². The highest BCUT2D eigenvalue weighted by Crippen LogP contribution is 2.46. The summed E-state index contributed by atoms with van der Waals surface area (Å²) in [4.78, 5) is 0. The van der Waals surface area contributed by atoms with Gasteiger partial charge in [-0.25, -0.2) is 0 Å². The molecular weight excluding hydrogens is 320 g/mol. The van der Waals surface area contributed by atoms with Gasteiger partial charge in [0.25, 0.3) is 0 Å². The summed E-state index contributed by atoms with van der Waals surface area (Å²) < 4.78 is 17.7. The fourth-order valence-electron chi connectivity index (χ4n) is 3.37. The summed E-state index contributed by atoms with van der Waals surface area (Å²) >= 11 is 0. The van der Waals surface area contributed by atoms with Gasteiger partial charge in [0.1, 0.15) is 39.9 Å². The molecule has 0 saturated heterocycles. The number of methoxy groups -OCH3 is 1. The van der Waals surface area contributed by atoms with Crippen molar-refractivity contribution in [1.82, 2.24) is 0 Å². The van der Waals surface area contributed by atoms with E-state index in [4.69, 9.17) is 13.9 Å². The Morgan fingerprint density at radius 3 is 2.64 bits per heavy atom. The average Bonchev–Trinajstić information content (AvgIpc) is 2.94. The number of ether oxygens (including phenoxy) is 2. The monoisotopic (exact) mass is 340 g/mol. The fraction of sp³-hybridized carbons (Fsp3) is 0.300. The summed E-state index contributed by atoms with van der Waals surface area (Å²) in [5.41, 5.74) is 1.96. The molecule has 1 aromatic heterocycles. The Morgan fingerprint density at radius 2 is 1.92 bits per heavy atom. The van der Waals surface area contributed by atoms with E-state index in [1.165, 1.54) is 12.1 Å². The van der Waals surface area contributed by atoms with Crippen LogP contribution in [0.15, 0.2) is 34.7 Å². The van der Waals surface area contributed by atoms with E-state index >= 15 is 0 Å². The number of phenolic OH excluding ortho intramolecular Hbond substituents is 2. The standard InChI is InChI=1S/C20H20O5/c1-20(2)7-6-13-18(25-20)10-17-14(19(13)23-3)9-16(24-17)12-5-4-11(21)8-15(12)22/h4-5,8-10,21-22H,6-7H2,1-3H3. The topological polar surface area (TPSA) is 72.1 Å². The first-order valence-corrected chi connectivity index (χ1v) is 8.23. The first-order chi connectivity index (χ1) is 11.9. The Balaban J connectivity index is 1.91. The molecule has 0 spiro atoms. The van der Waals surface area contributed by atoms with Crippen molar-refractivity contribution in [3.63, 3.8) is 0 Å². The van der Waals surface area contributed by atoms with Crippen LogP contribution in [0.4, 0.5) is 0 Å². The van der Waals surface area contributed by atoms with Gasteiger partial charge in [-0.3, -0.25) is 0 Å². The van der Waals surface area contributed by atoms with E-state index in [-0.39, 0.29) is 17.1 Å². The Labute approximate surface area is 145 Å². The van der Waals surface area contributed by atoms with Crippen LogP contribution in [-0.2, 0) is 6.42 Å². The lowest BCUT2D eigenvalue weighted by atomic mass is 9.93. The third-order valence-corrected chi connectivity index (χ3v) is 4.65. The summed E-state index contributed by atoms with van der Waals surface area (Å²) in [5, 5.41) is 20.4. The van der Waals surface area contributed by atoms with Gasteiger partial charge >= 0.3 is 0 Å². The van der Waals surface area contributed by atoms with E-state index in [1.54, 1.807) is 13.2 Å². The summed E-state index contributed by atoms with van der Waals surface area (Å²) in [6.07, 6.45) is 1.78. The number of phenols is 2. The Kier molecular flexibility index (Phi) is 3.35. The van der Waals surface area contributed by atoms with E-state index < -0.39 is 0 Å². The average molecular weight is 340 g/mol. The van der Waals surface area contributed by atoms with Crippen LogP contribution < -0.4 is 9.47 Å². The second kappa shape index (κ2) is 5.34. The molecule has 0 unspecified atom stereocenters. The Hall–Kier alpha value is -2.82. The van der Waals surface area contributed by atoms with Crippen LogP contribution in [0.3, 0.4) is 0 Å². The molecular formula is C20H20O5. The molecule has 0 amide bonds. The molecule has 130 valence electrons. The quantitative estimate of drug-likeness (QED) is 0.712. The van der Waals surface area contributed by atoms with Gasteiger partial charge in [0.15, 0.2) is 0 Å². The molecule has 2 aromatic carbocycles. The maximum atomic E-state index is 10.1. The molecule has 0 aliphatic carbocycles. The molecule has 2 N–H and O–H groups in total. The van der Waals surface area contributed by atoms with Crippen LogP contribution in [0.25, 0.3) is 22.3 Å². The smallest absolute Gasteiger partial charge is 0.142 e. The normalized spacial score (nSPS) is 15.6. The van der Waals surface area contributed by atoms with Crippen molar-refractivity contribution in [2.75, 3.05) is 7.11 Å². The molecule has 0 atom stereocenters. The molecule has 0 saturated carbocycles. The summed E-state index contributed by atoms with van der Waals surface area (Å²) in [7, 11) is 1.64. The number of hydrogen-bond donors (Lipinski definition) is 2. The third kappa shape index (κ3) is 2.56. The minimum Gasteiger partial charge on any atom is -0.508 e. The van der Waals surface area contributed by atoms with Gasteiger partial charge in [0.2, 0.25) is 0 Å². The van der Waals surface area contributed by atoms with Crippen molar-refractivity contribution in [3.05, 3.63) is 35.9 Å². The zero-order valence-electron chi connectivity index (χ0n) is 14.4. The molecule has 0 radical (unpaired) electrons. The van der Waals surface area contributed by atoms with Gasteiger partial charge in [0, 0.05) is 17.7 Å². The van der Waals surface area contributed by atoms with Crippen LogP contribution >= 0.6 is 0 Å². The zero-order chi connectivity index (χ0) is 17.8. The van der Waals surface area contributed by atoms with Gasteiger partial charge in [-0.1, -0.05) is 0 Å². The maximum absolute atomic E-state index is 10.1. The molecule has 5 heteroatoms. The molecule has 1 aliphatic rings. The van der Waals surface area contributed by atoms with Gasteiger partial charge in [-0.05, 0) is 44.9 Å². The SMILES string of the molecule is COc1c2c(cc3oc(-c4ccc(O)cc4O)cc13)OC(C)(C)CC2. The highest BCUT2D eigenvalue weighted by Gasteiger charge is 2.30. The molecule has 1 aliphatic heterocycles. The van der Waals surface area contributed by atoms with Crippen molar-refractivity contribution < 1.29 is 24.1 Å². The molecule has 2 heterocycles. The van der Waals surface area contributed by atoms with Crippen molar-refractivity contribution in [3.8, 4) is 34.3 Å². The summed E-state index contributed by atoms with van der Waals surface area (Å²) in [6.45, 7) is 4.13. The zero-order valence-corrected chi connectivity index (χ0v) is 14.4. The highest BCUT2D eigenvalue weighted by molar-refractivity contribution is 5.92. The van der Waals surface area contributed by atoms with Crippen LogP contribution in [0.5, 0.6) is 23.0 Å². The van der Waals surface area contributed by atoms with Gasteiger partial charge < -0.3 is 24.1 Å². The lowest BCUT2D eigenvalue weighted by molar-refractivity contribution is 0.0839. The third-order valence-electron chi connectivity index (χ3n) is 4.65. The molecule has 3 aromatic rings. The molecule has 0 bridgehead atoms. The number of hydrogen-bond acceptors (Lipinski definition) is 5. The van der Waals surface area contributed by atoms with Crippen LogP contribution in [0.1, 0.15) is 25.8 Å². The van der Waals surface area contributed by atoms with Crippen molar-refractivity contribution in [2.24, 2.45) is 0 Å². The molecule has 0 fully saturated rings. The molecule has 25 heavy (non-hydrogen) atoms. The second-order valence-corrected chi connectivity index (χ2v) is 6.97. The van der Waals surface area contributed by atoms with Gasteiger partial charge in [-0.15, -0.1) is 0 Å². The highest BCUT2D eigenvalue weighted by atomic mass is 16.5. The largest absolute Gasteiger partial charge is 0.508 e. The van der Waals surface area contributed by atoms with Crippen LogP contribution in [0.2, 0.25) is 0 Å². The van der Waals surface area contributed by atoms with E-state index in [0.29, 0.717) is 16.9 Å². The number of furan rings is 1. The number of aromatic hydroxyl groups is 2. The van der Waals surface area contributed by atoms with Gasteiger partial charge in [0.05, 0.1) is 18.1 Å². The lowest BCUT2D eigenvalue weighted by Gasteiger charge is -2.33. The second-order valence-electron chi connectivity index (χ2n) is 6.97. The van der Waals surface area contributed by atoms with Gasteiger partial charge in [-0.2, -0.15) is 0 Å². The first kappa shape index (κ1) is 15.7. The Morgan fingerprint density at radius 1 is 1.12 bits per heavy atom. The van der Waals surface area contributed by atoms with E-state index in [2.05, 4.69) is 13.8 Å². The van der Waals surface area contributed by atoms with Crippen LogP contribution in [0, 0.1) is 0 Å². The van der Waals surface area contributed by atoms with Crippen molar-refractivity contribution >= 4 is 11.0 Å². The fourth-order valence-corrected chi connectivity index (χ4v) is 3.37. The number of fused-ring (bicyclic) bond motifs is 2. The number of rotatable bonds is 2. The van der Waals surface area contributed by atoms with E-state index in [0.717, 1.165) is 35.3 Å². The summed E-state index contributed by atoms with van der Waals surface area (Å²) in [5.74, 6) is 1.99. The maximum Gasteiger partial charge on any atom is 0.142 e. The molecule has 5 nitrogen and oxygen atoms in total. The van der Waals surface area contributed by atoms with Crippen LogP contribution in [-0.4, -0.2) is 22.9 Å². The minimum absolute atomic E-state index is 0.000960. The molecule has 4 rings (SSSR count). The number of benzene rings is 2. The van der Waals surface area contributed by atoms with E-state index in [1.807, 2.05) is 12.1 Å². The first-order valence-electron chi connectivity index (χ1n) is 8.23. The van der Waals surface area contributed by atoms with E-state index in [9.17, 15) is 10.2 Å². The van der Waals surface area contributed by atoms with Crippen molar-refractivity contribution in [2.45, 2.75) is 32.3 Å².